The maximum Gasteiger partial charge on any atom is 0.337 e. The highest BCUT2D eigenvalue weighted by atomic mass is 16.5. The van der Waals surface area contributed by atoms with Crippen molar-refractivity contribution in [3.8, 4) is 0 Å². The summed E-state index contributed by atoms with van der Waals surface area (Å²) in [5.74, 6) is -0.585. The molecule has 1 aromatic carbocycles. The Morgan fingerprint density at radius 2 is 2.00 bits per heavy atom. The Morgan fingerprint density at radius 1 is 1.40 bits per heavy atom. The fraction of sp³-hybridized carbons (Fsp3) is 0.417. The standard InChI is InChI=1S/C12H16O3/c1-12(14,11(13)15-2)9-8-10-6-4-3-5-7-10/h3-7,14H,8-9H2,1-2H3/t12-/m1/s1. The highest BCUT2D eigenvalue weighted by Crippen LogP contribution is 2.15. The molecule has 1 rings (SSSR count). The third-order valence-corrected chi connectivity index (χ3v) is 2.37. The van der Waals surface area contributed by atoms with Crippen LogP contribution in [0.15, 0.2) is 30.3 Å². The third-order valence-electron chi connectivity index (χ3n) is 2.37. The van der Waals surface area contributed by atoms with E-state index >= 15 is 0 Å². The van der Waals surface area contributed by atoms with Crippen molar-refractivity contribution in [2.75, 3.05) is 7.11 Å². The molecule has 15 heavy (non-hydrogen) atoms. The van der Waals surface area contributed by atoms with E-state index in [-0.39, 0.29) is 0 Å². The van der Waals surface area contributed by atoms with Crippen molar-refractivity contribution in [1.82, 2.24) is 0 Å². The van der Waals surface area contributed by atoms with Crippen LogP contribution < -0.4 is 0 Å². The van der Waals surface area contributed by atoms with Crippen molar-refractivity contribution in [2.45, 2.75) is 25.4 Å². The summed E-state index contributed by atoms with van der Waals surface area (Å²) in [7, 11) is 1.28. The molecule has 0 aromatic heterocycles. The number of carbonyl (C=O) groups is 1. The van der Waals surface area contributed by atoms with E-state index < -0.39 is 11.6 Å². The van der Waals surface area contributed by atoms with E-state index in [9.17, 15) is 9.90 Å². The average molecular weight is 208 g/mol. The quantitative estimate of drug-likeness (QED) is 0.763. The molecule has 0 heterocycles. The zero-order valence-electron chi connectivity index (χ0n) is 9.06. The van der Waals surface area contributed by atoms with Crippen molar-refractivity contribution in [2.24, 2.45) is 0 Å². The minimum Gasteiger partial charge on any atom is -0.467 e. The van der Waals surface area contributed by atoms with Crippen molar-refractivity contribution in [3.63, 3.8) is 0 Å². The van der Waals surface area contributed by atoms with Crippen LogP contribution in [0.4, 0.5) is 0 Å². The van der Waals surface area contributed by atoms with Gasteiger partial charge in [0.1, 0.15) is 0 Å². The molecular formula is C12H16O3. The number of hydrogen-bond acceptors (Lipinski definition) is 3. The molecule has 0 fully saturated rings. The first-order valence-corrected chi connectivity index (χ1v) is 4.91. The minimum atomic E-state index is -1.40. The SMILES string of the molecule is COC(=O)[C@](C)(O)CCc1ccccc1. The molecule has 0 bridgehead atoms. The van der Waals surface area contributed by atoms with Crippen molar-refractivity contribution < 1.29 is 14.6 Å². The van der Waals surface area contributed by atoms with Gasteiger partial charge in [-0.15, -0.1) is 0 Å². The monoisotopic (exact) mass is 208 g/mol. The number of carbonyl (C=O) groups excluding carboxylic acids is 1. The molecule has 3 heteroatoms. The molecule has 0 saturated carbocycles. The number of ether oxygens (including phenoxy) is 1. The Hall–Kier alpha value is -1.35. The lowest BCUT2D eigenvalue weighted by molar-refractivity contribution is -0.161. The fourth-order valence-corrected chi connectivity index (χ4v) is 1.35. The lowest BCUT2D eigenvalue weighted by atomic mass is 9.97. The van der Waals surface area contributed by atoms with E-state index in [1.165, 1.54) is 14.0 Å². The van der Waals surface area contributed by atoms with E-state index in [2.05, 4.69) is 4.74 Å². The summed E-state index contributed by atoms with van der Waals surface area (Å²) in [6.45, 7) is 1.47. The normalized spacial score (nSPS) is 14.3. The molecule has 1 N–H and O–H groups in total. The van der Waals surface area contributed by atoms with Crippen molar-refractivity contribution in [1.29, 1.82) is 0 Å². The summed E-state index contributed by atoms with van der Waals surface area (Å²) in [6, 6.07) is 9.73. The maximum atomic E-state index is 11.2. The molecule has 82 valence electrons. The van der Waals surface area contributed by atoms with E-state index in [0.717, 1.165) is 5.56 Å². The average Bonchev–Trinajstić information content (AvgIpc) is 2.27. The maximum absolute atomic E-state index is 11.2. The van der Waals surface area contributed by atoms with Gasteiger partial charge in [0, 0.05) is 0 Å². The van der Waals surface area contributed by atoms with Crippen LogP contribution in [0.2, 0.25) is 0 Å². The molecule has 0 radical (unpaired) electrons. The molecule has 1 aromatic rings. The zero-order valence-corrected chi connectivity index (χ0v) is 9.06. The topological polar surface area (TPSA) is 46.5 Å². The van der Waals surface area contributed by atoms with Gasteiger partial charge in [-0.3, -0.25) is 0 Å². The molecule has 0 unspecified atom stereocenters. The second-order valence-corrected chi connectivity index (χ2v) is 3.75. The van der Waals surface area contributed by atoms with Crippen molar-refractivity contribution >= 4 is 5.97 Å². The van der Waals surface area contributed by atoms with Gasteiger partial charge in [-0.2, -0.15) is 0 Å². The van der Waals surface area contributed by atoms with Crippen LogP contribution in [0.3, 0.4) is 0 Å². The highest BCUT2D eigenvalue weighted by molar-refractivity contribution is 5.78. The van der Waals surface area contributed by atoms with E-state index in [1.807, 2.05) is 30.3 Å². The number of methoxy groups -OCH3 is 1. The number of esters is 1. The number of aliphatic hydroxyl groups is 1. The Balaban J connectivity index is 2.53. The second-order valence-electron chi connectivity index (χ2n) is 3.75. The zero-order chi connectivity index (χ0) is 11.3. The molecule has 1 atom stereocenters. The van der Waals surface area contributed by atoms with E-state index in [4.69, 9.17) is 0 Å². The van der Waals surface area contributed by atoms with Crippen LogP contribution in [0.25, 0.3) is 0 Å². The van der Waals surface area contributed by atoms with E-state index in [0.29, 0.717) is 12.8 Å². The molecule has 3 nitrogen and oxygen atoms in total. The van der Waals surface area contributed by atoms with Gasteiger partial charge >= 0.3 is 5.97 Å². The molecule has 0 amide bonds. The predicted octanol–water partition coefficient (Wildman–Crippen LogP) is 1.54. The minimum absolute atomic E-state index is 0.365. The van der Waals surface area contributed by atoms with Crippen LogP contribution in [0.1, 0.15) is 18.9 Å². The first-order chi connectivity index (χ1) is 7.06. The van der Waals surface area contributed by atoms with E-state index in [1.54, 1.807) is 0 Å². The summed E-state index contributed by atoms with van der Waals surface area (Å²) < 4.78 is 4.51. The third kappa shape index (κ3) is 3.36. The summed E-state index contributed by atoms with van der Waals surface area (Å²) in [6.07, 6.45) is 1.02. The Labute approximate surface area is 89.7 Å². The molecule has 0 aliphatic carbocycles. The summed E-state index contributed by atoms with van der Waals surface area (Å²) >= 11 is 0. The lowest BCUT2D eigenvalue weighted by Gasteiger charge is -2.19. The molecular weight excluding hydrogens is 192 g/mol. The number of aryl methyl sites for hydroxylation is 1. The Bertz CT molecular complexity index is 317. The van der Waals surface area contributed by atoms with Gasteiger partial charge in [0.2, 0.25) is 0 Å². The Kier molecular flexibility index (Phi) is 3.86. The highest BCUT2D eigenvalue weighted by Gasteiger charge is 2.30. The van der Waals surface area contributed by atoms with Crippen LogP contribution in [0, 0.1) is 0 Å². The number of hydrogen-bond donors (Lipinski definition) is 1. The van der Waals surface area contributed by atoms with Crippen molar-refractivity contribution in [3.05, 3.63) is 35.9 Å². The largest absolute Gasteiger partial charge is 0.467 e. The number of benzene rings is 1. The fourth-order valence-electron chi connectivity index (χ4n) is 1.35. The summed E-state index contributed by atoms with van der Waals surface area (Å²) in [5.41, 5.74) is -0.299. The van der Waals surface area contributed by atoms with Crippen LogP contribution in [-0.4, -0.2) is 23.8 Å². The van der Waals surface area contributed by atoms with Gasteiger partial charge in [0.05, 0.1) is 7.11 Å². The molecule has 0 aliphatic heterocycles. The second kappa shape index (κ2) is 4.94. The molecule has 0 saturated heterocycles. The van der Waals surface area contributed by atoms with Gasteiger partial charge in [-0.05, 0) is 25.3 Å². The number of rotatable bonds is 4. The van der Waals surface area contributed by atoms with Gasteiger partial charge in [0.25, 0.3) is 0 Å². The first kappa shape index (κ1) is 11.7. The first-order valence-electron chi connectivity index (χ1n) is 4.91. The lowest BCUT2D eigenvalue weighted by Crippen LogP contribution is -2.36. The smallest absolute Gasteiger partial charge is 0.337 e. The summed E-state index contributed by atoms with van der Waals surface area (Å²) in [4.78, 5) is 11.2. The Morgan fingerprint density at radius 3 is 2.53 bits per heavy atom. The van der Waals surface area contributed by atoms with Gasteiger partial charge in [0.15, 0.2) is 5.60 Å². The predicted molar refractivity (Wildman–Crippen MR) is 57.4 cm³/mol. The van der Waals surface area contributed by atoms with Crippen LogP contribution >= 0.6 is 0 Å². The molecule has 0 spiro atoms. The molecule has 0 aliphatic rings. The van der Waals surface area contributed by atoms with Crippen LogP contribution in [0.5, 0.6) is 0 Å². The van der Waals surface area contributed by atoms with Crippen LogP contribution in [-0.2, 0) is 16.0 Å². The van der Waals surface area contributed by atoms with Gasteiger partial charge in [-0.25, -0.2) is 4.79 Å². The van der Waals surface area contributed by atoms with Gasteiger partial charge in [-0.1, -0.05) is 30.3 Å². The summed E-state index contributed by atoms with van der Waals surface area (Å²) in [5, 5.41) is 9.77. The van der Waals surface area contributed by atoms with Gasteiger partial charge < -0.3 is 9.84 Å².